The molecule has 3 aromatic carbocycles. The molecule has 3 N–H and O–H groups in total. The molecule has 0 aliphatic rings. The van der Waals surface area contributed by atoms with E-state index in [4.69, 9.17) is 9.94 Å². The summed E-state index contributed by atoms with van der Waals surface area (Å²) in [5.74, 6) is -0.663. The third kappa shape index (κ3) is 8.10. The highest BCUT2D eigenvalue weighted by Gasteiger charge is 2.21. The van der Waals surface area contributed by atoms with Crippen LogP contribution in [0.1, 0.15) is 60.8 Å². The van der Waals surface area contributed by atoms with E-state index < -0.39 is 17.6 Å². The highest BCUT2D eigenvalue weighted by molar-refractivity contribution is 7.17. The Bertz CT molecular complexity index is 1820. The molecule has 0 radical (unpaired) electrons. The zero-order valence-corrected chi connectivity index (χ0v) is 27.2. The number of nitrogens with zero attached hydrogens (tertiary/aromatic N) is 1. The van der Waals surface area contributed by atoms with Gasteiger partial charge in [0.25, 0.3) is 0 Å². The summed E-state index contributed by atoms with van der Waals surface area (Å²) in [4.78, 5) is 39.3. The largest absolute Gasteiger partial charge is 0.444 e. The van der Waals surface area contributed by atoms with E-state index in [-0.39, 0.29) is 12.2 Å². The van der Waals surface area contributed by atoms with Crippen LogP contribution in [0, 0.1) is 0 Å². The fourth-order valence-electron chi connectivity index (χ4n) is 5.42. The van der Waals surface area contributed by atoms with Crippen LogP contribution in [0.5, 0.6) is 0 Å². The summed E-state index contributed by atoms with van der Waals surface area (Å²) in [6, 6.07) is 29.5. The highest BCUT2D eigenvalue weighted by Crippen LogP contribution is 2.35. The number of fused-ring (bicyclic) bond motifs is 1. The van der Waals surface area contributed by atoms with Crippen molar-refractivity contribution in [2.75, 3.05) is 6.54 Å². The summed E-state index contributed by atoms with van der Waals surface area (Å²) in [5, 5.41) is 13.0. The summed E-state index contributed by atoms with van der Waals surface area (Å²) < 4.78 is 7.59. The lowest BCUT2D eigenvalue weighted by Gasteiger charge is -2.19. The van der Waals surface area contributed by atoms with Gasteiger partial charge in [-0.3, -0.25) is 14.8 Å². The molecular formula is C37H39N3O5S. The Morgan fingerprint density at radius 2 is 1.54 bits per heavy atom. The number of thiophene rings is 1. The van der Waals surface area contributed by atoms with E-state index in [1.165, 1.54) is 11.3 Å². The van der Waals surface area contributed by atoms with Crippen molar-refractivity contribution in [3.05, 3.63) is 107 Å². The zero-order chi connectivity index (χ0) is 32.7. The first kappa shape index (κ1) is 32.7. The number of benzene rings is 3. The van der Waals surface area contributed by atoms with E-state index in [2.05, 4.69) is 28.1 Å². The number of rotatable bonds is 12. The Morgan fingerprint density at radius 3 is 2.22 bits per heavy atom. The van der Waals surface area contributed by atoms with Crippen molar-refractivity contribution in [2.45, 2.75) is 58.6 Å². The molecule has 238 valence electrons. The number of hydroxylamine groups is 1. The molecular weight excluding hydrogens is 598 g/mol. The van der Waals surface area contributed by atoms with Gasteiger partial charge >= 0.3 is 6.09 Å². The van der Waals surface area contributed by atoms with Gasteiger partial charge < -0.3 is 14.6 Å². The number of hydrogen-bond donors (Lipinski definition) is 3. The number of hydrogen-bond acceptors (Lipinski definition) is 6. The van der Waals surface area contributed by atoms with Gasteiger partial charge in [-0.05, 0) is 74.9 Å². The van der Waals surface area contributed by atoms with Gasteiger partial charge in [0.2, 0.25) is 11.7 Å². The van der Waals surface area contributed by atoms with Crippen molar-refractivity contribution in [1.82, 2.24) is 15.4 Å². The van der Waals surface area contributed by atoms with Crippen LogP contribution in [0.4, 0.5) is 4.79 Å². The molecule has 9 heteroatoms. The minimum absolute atomic E-state index is 0.0415. The summed E-state index contributed by atoms with van der Waals surface area (Å²) in [6.07, 6.45) is 2.17. The molecule has 0 spiro atoms. The lowest BCUT2D eigenvalue weighted by Crippen LogP contribution is -2.33. The van der Waals surface area contributed by atoms with Gasteiger partial charge in [0.05, 0.1) is 11.3 Å². The fraction of sp³-hybridized carbons (Fsp3) is 0.270. The van der Waals surface area contributed by atoms with Crippen LogP contribution < -0.4 is 10.8 Å². The number of aryl methyl sites for hydroxylation is 1. The van der Waals surface area contributed by atoms with Gasteiger partial charge in [-0.15, -0.1) is 11.3 Å². The Balaban J connectivity index is 1.39. The van der Waals surface area contributed by atoms with Gasteiger partial charge in [0.15, 0.2) is 0 Å². The van der Waals surface area contributed by atoms with Gasteiger partial charge in [0.1, 0.15) is 5.60 Å². The lowest BCUT2D eigenvalue weighted by molar-refractivity contribution is -0.128. The molecule has 2 amide bonds. The first-order chi connectivity index (χ1) is 22.1. The van der Waals surface area contributed by atoms with Gasteiger partial charge in [-0.1, -0.05) is 72.8 Å². The number of alkyl carbamates (subject to hydrolysis) is 1. The molecule has 2 heterocycles. The second kappa shape index (κ2) is 14.6. The molecule has 0 bridgehead atoms. The molecule has 0 atom stereocenters. The van der Waals surface area contributed by atoms with Crippen molar-refractivity contribution in [3.63, 3.8) is 0 Å². The van der Waals surface area contributed by atoms with E-state index in [0.717, 1.165) is 58.4 Å². The zero-order valence-electron chi connectivity index (χ0n) is 26.3. The van der Waals surface area contributed by atoms with Crippen molar-refractivity contribution >= 4 is 40.0 Å². The van der Waals surface area contributed by atoms with Gasteiger partial charge in [-0.25, -0.2) is 10.3 Å². The maximum Gasteiger partial charge on any atom is 0.407 e. The van der Waals surface area contributed by atoms with E-state index in [9.17, 15) is 14.4 Å². The Hall–Kier alpha value is -4.73. The minimum atomic E-state index is -0.540. The molecule has 0 saturated heterocycles. The smallest absolute Gasteiger partial charge is 0.407 e. The first-order valence-electron chi connectivity index (χ1n) is 15.4. The molecule has 0 aliphatic carbocycles. The van der Waals surface area contributed by atoms with E-state index in [1.807, 2.05) is 87.5 Å². The SMILES string of the molecule is CC(C)(C)OC(=O)NCCCCCn1c(-c2ccccc2)cc2ccc(C(=O)c3cc(CC(=O)NO)c(-c4ccccc4)s3)cc21. The van der Waals surface area contributed by atoms with Gasteiger partial charge in [0, 0.05) is 40.1 Å². The monoisotopic (exact) mass is 637 g/mol. The molecule has 2 aromatic heterocycles. The number of amides is 2. The van der Waals surface area contributed by atoms with Crippen LogP contribution in [0.25, 0.3) is 32.6 Å². The molecule has 0 aliphatic heterocycles. The van der Waals surface area contributed by atoms with E-state index >= 15 is 0 Å². The average molecular weight is 638 g/mol. The first-order valence-corrected chi connectivity index (χ1v) is 16.3. The number of nitrogens with one attached hydrogen (secondary N) is 2. The molecule has 5 rings (SSSR count). The molecule has 46 heavy (non-hydrogen) atoms. The number of aromatic nitrogens is 1. The van der Waals surface area contributed by atoms with Crippen LogP contribution in [-0.4, -0.2) is 39.7 Å². The molecule has 5 aromatic rings. The van der Waals surface area contributed by atoms with Crippen LogP contribution >= 0.6 is 11.3 Å². The maximum absolute atomic E-state index is 13.9. The number of unbranched alkanes of at least 4 members (excludes halogenated alkanes) is 2. The third-order valence-corrected chi connectivity index (χ3v) is 8.73. The predicted octanol–water partition coefficient (Wildman–Crippen LogP) is 8.01. The van der Waals surface area contributed by atoms with Crippen molar-refractivity contribution in [1.29, 1.82) is 0 Å². The number of carbonyl (C=O) groups excluding carboxylic acids is 3. The Morgan fingerprint density at radius 1 is 0.848 bits per heavy atom. The second-order valence-electron chi connectivity index (χ2n) is 12.2. The van der Waals surface area contributed by atoms with Crippen LogP contribution in [-0.2, 0) is 22.5 Å². The topological polar surface area (TPSA) is 110 Å². The molecule has 0 fully saturated rings. The molecule has 0 saturated carbocycles. The third-order valence-electron chi connectivity index (χ3n) is 7.51. The Labute approximate surface area is 273 Å². The van der Waals surface area contributed by atoms with Crippen molar-refractivity contribution in [3.8, 4) is 21.7 Å². The van der Waals surface area contributed by atoms with Crippen molar-refractivity contribution < 1.29 is 24.3 Å². The predicted molar refractivity (Wildman–Crippen MR) is 182 cm³/mol. The lowest BCUT2D eigenvalue weighted by atomic mass is 10.0. The normalized spacial score (nSPS) is 11.4. The second-order valence-corrected chi connectivity index (χ2v) is 13.2. The number of ketones is 1. The van der Waals surface area contributed by atoms with Crippen LogP contribution in [0.15, 0.2) is 91.0 Å². The summed E-state index contributed by atoms with van der Waals surface area (Å²) >= 11 is 1.35. The van der Waals surface area contributed by atoms with Crippen LogP contribution in [0.2, 0.25) is 0 Å². The molecule has 0 unspecified atom stereocenters. The summed E-state index contributed by atoms with van der Waals surface area (Å²) in [6.45, 7) is 6.82. The minimum Gasteiger partial charge on any atom is -0.444 e. The molecule has 8 nitrogen and oxygen atoms in total. The number of carbonyl (C=O) groups is 3. The highest BCUT2D eigenvalue weighted by atomic mass is 32.1. The van der Waals surface area contributed by atoms with Crippen molar-refractivity contribution in [2.24, 2.45) is 0 Å². The summed E-state index contributed by atoms with van der Waals surface area (Å²) in [5.41, 5.74) is 6.46. The van der Waals surface area contributed by atoms with Gasteiger partial charge in [-0.2, -0.15) is 0 Å². The fourth-order valence-corrected chi connectivity index (χ4v) is 6.57. The standard InChI is InChI=1S/C37H39N3O5S/c1-37(2,3)45-36(43)38-19-11-6-12-20-40-30(25-13-7-4-8-14-25)21-27-17-18-28(22-31(27)40)34(42)32-23-29(24-33(41)39-44)35(46-32)26-15-9-5-10-16-26/h4-5,7-10,13-18,21-23,44H,6,11-12,19-20,24H2,1-3H3,(H,38,43)(H,39,41). The summed E-state index contributed by atoms with van der Waals surface area (Å²) in [7, 11) is 0. The number of ether oxygens (including phenoxy) is 1. The Kier molecular flexibility index (Phi) is 10.3. The average Bonchev–Trinajstić information content (AvgIpc) is 3.63. The maximum atomic E-state index is 13.9. The van der Waals surface area contributed by atoms with Crippen LogP contribution in [0.3, 0.4) is 0 Å². The van der Waals surface area contributed by atoms with E-state index in [0.29, 0.717) is 22.5 Å². The van der Waals surface area contributed by atoms with E-state index in [1.54, 1.807) is 11.5 Å². The quantitative estimate of drug-likeness (QED) is 0.0556.